The molecule has 0 atom stereocenters. The maximum absolute atomic E-state index is 9.37. The molecule has 0 unspecified atom stereocenters. The van der Waals surface area contributed by atoms with E-state index >= 15 is 0 Å². The lowest BCUT2D eigenvalue weighted by Gasteiger charge is -1.89. The second kappa shape index (κ2) is 4.89. The number of nitrogens with two attached hydrogens (primary N) is 1. The highest BCUT2D eigenvalue weighted by molar-refractivity contribution is 5.80. The number of carbonyl (C=O) groups is 1. The van der Waals surface area contributed by atoms with Crippen molar-refractivity contribution in [1.82, 2.24) is 19.9 Å². The van der Waals surface area contributed by atoms with Crippen molar-refractivity contribution >= 4 is 23.0 Å². The summed E-state index contributed by atoms with van der Waals surface area (Å²) in [5.41, 5.74) is 6.78. The number of carboxylic acid groups (broad SMARTS) is 1. The molecule has 0 spiro atoms. The molecule has 2 heterocycles. The number of aromatic amines is 1. The molecule has 0 aliphatic heterocycles. The summed E-state index contributed by atoms with van der Waals surface area (Å²) in [5, 5.41) is 7.72. The minimum absolute atomic E-state index is 0.222. The molecule has 0 bridgehead atoms. The van der Waals surface area contributed by atoms with Gasteiger partial charge in [0.05, 0.1) is 6.33 Å². The summed E-state index contributed by atoms with van der Waals surface area (Å²) in [4.78, 5) is 23.7. The number of anilines is 1. The fourth-order valence-corrected chi connectivity index (χ4v) is 0.784. The average Bonchev–Trinajstić information content (AvgIpc) is 2.68. The molecule has 0 aromatic carbocycles. The maximum Gasteiger partial charge on any atom is 0.303 e. The normalized spacial score (nSPS) is 9.40. The Hall–Kier alpha value is -2.18. The van der Waals surface area contributed by atoms with Crippen LogP contribution < -0.4 is 5.73 Å². The lowest BCUT2D eigenvalue weighted by atomic mass is 10.5. The number of aliphatic carboxylic acids is 1. The highest BCUT2D eigenvalue weighted by Crippen LogP contribution is 2.09. The first-order chi connectivity index (χ1) is 7.15. The van der Waals surface area contributed by atoms with Crippen molar-refractivity contribution in [3.63, 3.8) is 0 Å². The van der Waals surface area contributed by atoms with Crippen LogP contribution in [0.2, 0.25) is 0 Å². The molecule has 0 saturated heterocycles. The molecular formula is C8H11N5O2. The van der Waals surface area contributed by atoms with Crippen LogP contribution in [0.25, 0.3) is 11.2 Å². The molecule has 2 aromatic heterocycles. The summed E-state index contributed by atoms with van der Waals surface area (Å²) < 4.78 is 0. The van der Waals surface area contributed by atoms with Gasteiger partial charge in [0.1, 0.15) is 11.8 Å². The number of hydrogen-bond acceptors (Lipinski definition) is 5. The average molecular weight is 209 g/mol. The van der Waals surface area contributed by atoms with E-state index < -0.39 is 5.97 Å². The number of H-pyrrole nitrogens is 1. The van der Waals surface area contributed by atoms with Gasteiger partial charge in [0.2, 0.25) is 0 Å². The molecule has 0 aliphatic carbocycles. The lowest BCUT2D eigenvalue weighted by Crippen LogP contribution is -1.91. The van der Waals surface area contributed by atoms with Gasteiger partial charge >= 0.3 is 5.97 Å². The number of nitrogen functional groups attached to an aromatic ring is 1. The van der Waals surface area contributed by atoms with E-state index in [1.807, 2.05) is 0 Å². The van der Waals surface area contributed by atoms with Gasteiger partial charge < -0.3 is 15.8 Å². The second-order valence-electron chi connectivity index (χ2n) is 2.61. The summed E-state index contributed by atoms with van der Waals surface area (Å²) in [7, 11) is 0. The molecule has 7 heteroatoms. The smallest absolute Gasteiger partial charge is 0.303 e. The Kier molecular flexibility index (Phi) is 3.55. The van der Waals surface area contributed by atoms with Gasteiger partial charge in [-0.15, -0.1) is 0 Å². The Morgan fingerprint density at radius 3 is 2.73 bits per heavy atom. The van der Waals surface area contributed by atoms with Crippen LogP contribution in [0.5, 0.6) is 0 Å². The van der Waals surface area contributed by atoms with E-state index in [0.717, 1.165) is 0 Å². The first kappa shape index (κ1) is 10.9. The molecule has 2 aromatic rings. The van der Waals surface area contributed by atoms with Crippen molar-refractivity contribution in [2.75, 3.05) is 5.73 Å². The third-order valence-corrected chi connectivity index (χ3v) is 1.55. The van der Waals surface area contributed by atoms with Gasteiger partial charge in [-0.2, -0.15) is 0 Å². The monoisotopic (exact) mass is 209 g/mol. The molecule has 80 valence electrons. The molecule has 0 radical (unpaired) electrons. The number of aromatic nitrogens is 4. The molecule has 0 amide bonds. The van der Waals surface area contributed by atoms with Crippen LogP contribution >= 0.6 is 0 Å². The van der Waals surface area contributed by atoms with Gasteiger partial charge in [0.15, 0.2) is 11.5 Å². The van der Waals surface area contributed by atoms with Crippen molar-refractivity contribution in [2.24, 2.45) is 0 Å². The zero-order valence-electron chi connectivity index (χ0n) is 8.14. The number of hydrogen-bond donors (Lipinski definition) is 3. The summed E-state index contributed by atoms with van der Waals surface area (Å²) in [6.07, 6.45) is 3.15. The topological polar surface area (TPSA) is 118 Å². The van der Waals surface area contributed by atoms with E-state index in [-0.39, 0.29) is 6.42 Å². The van der Waals surface area contributed by atoms with Crippen LogP contribution in [-0.4, -0.2) is 31.0 Å². The molecule has 7 nitrogen and oxygen atoms in total. The summed E-state index contributed by atoms with van der Waals surface area (Å²) in [5.74, 6) is -0.312. The van der Waals surface area contributed by atoms with Crippen LogP contribution in [0.1, 0.15) is 13.3 Å². The largest absolute Gasteiger partial charge is 0.481 e. The van der Waals surface area contributed by atoms with Crippen molar-refractivity contribution in [3.05, 3.63) is 12.7 Å². The number of fused-ring (bicyclic) bond motifs is 1. The molecule has 15 heavy (non-hydrogen) atoms. The lowest BCUT2D eigenvalue weighted by molar-refractivity contribution is -0.136. The number of rotatable bonds is 1. The van der Waals surface area contributed by atoms with Crippen molar-refractivity contribution in [3.8, 4) is 0 Å². The standard InChI is InChI=1S/C5H5N5.C3H6O2/c6-4-3-5(9-1-7-3)10-2-8-4;1-2-3(4)5/h1-2H,(H3,6,7,8,9,10);2H2,1H3,(H,4,5). The predicted molar refractivity (Wildman–Crippen MR) is 54.0 cm³/mol. The van der Waals surface area contributed by atoms with E-state index in [0.29, 0.717) is 17.0 Å². The first-order valence-corrected chi connectivity index (χ1v) is 4.26. The third kappa shape index (κ3) is 2.90. The Morgan fingerprint density at radius 1 is 1.53 bits per heavy atom. The van der Waals surface area contributed by atoms with Gasteiger partial charge in [0, 0.05) is 6.42 Å². The Bertz CT molecular complexity index is 453. The summed E-state index contributed by atoms with van der Waals surface area (Å²) >= 11 is 0. The van der Waals surface area contributed by atoms with Gasteiger partial charge in [-0.25, -0.2) is 15.0 Å². The van der Waals surface area contributed by atoms with E-state index in [9.17, 15) is 4.79 Å². The molecular weight excluding hydrogens is 198 g/mol. The molecule has 0 aliphatic rings. The Labute approximate surface area is 85.4 Å². The van der Waals surface area contributed by atoms with Gasteiger partial charge in [-0.1, -0.05) is 6.92 Å². The van der Waals surface area contributed by atoms with Crippen LogP contribution in [0.3, 0.4) is 0 Å². The Morgan fingerprint density at radius 2 is 2.20 bits per heavy atom. The van der Waals surface area contributed by atoms with E-state index in [2.05, 4.69) is 19.9 Å². The molecule has 0 saturated carbocycles. The zero-order valence-corrected chi connectivity index (χ0v) is 8.14. The quantitative estimate of drug-likeness (QED) is 0.626. The van der Waals surface area contributed by atoms with E-state index in [4.69, 9.17) is 10.8 Å². The second-order valence-corrected chi connectivity index (χ2v) is 2.61. The van der Waals surface area contributed by atoms with Crippen molar-refractivity contribution in [1.29, 1.82) is 0 Å². The van der Waals surface area contributed by atoms with Crippen LogP contribution in [0.4, 0.5) is 5.82 Å². The number of nitrogens with zero attached hydrogens (tertiary/aromatic N) is 3. The highest BCUT2D eigenvalue weighted by Gasteiger charge is 1.99. The van der Waals surface area contributed by atoms with Crippen LogP contribution in [0, 0.1) is 0 Å². The van der Waals surface area contributed by atoms with Crippen molar-refractivity contribution < 1.29 is 9.90 Å². The SMILES string of the molecule is CCC(=O)O.Nc1ncnc2nc[nH]c12. The Balaban J connectivity index is 0.000000195. The number of nitrogens with one attached hydrogen (secondary N) is 1. The maximum atomic E-state index is 9.37. The fraction of sp³-hybridized carbons (Fsp3) is 0.250. The summed E-state index contributed by atoms with van der Waals surface area (Å²) in [6.45, 7) is 1.60. The van der Waals surface area contributed by atoms with Gasteiger partial charge in [-0.05, 0) is 0 Å². The number of carboxylic acids is 1. The van der Waals surface area contributed by atoms with Gasteiger partial charge in [0.25, 0.3) is 0 Å². The van der Waals surface area contributed by atoms with E-state index in [1.165, 1.54) is 12.7 Å². The third-order valence-electron chi connectivity index (χ3n) is 1.55. The number of imidazole rings is 1. The van der Waals surface area contributed by atoms with Crippen LogP contribution in [-0.2, 0) is 4.79 Å². The fourth-order valence-electron chi connectivity index (χ4n) is 0.784. The summed E-state index contributed by atoms with van der Waals surface area (Å²) in [6, 6.07) is 0. The molecule has 0 fully saturated rings. The highest BCUT2D eigenvalue weighted by atomic mass is 16.4. The minimum Gasteiger partial charge on any atom is -0.481 e. The van der Waals surface area contributed by atoms with Crippen LogP contribution in [0.15, 0.2) is 12.7 Å². The van der Waals surface area contributed by atoms with Gasteiger partial charge in [-0.3, -0.25) is 4.79 Å². The molecule has 4 N–H and O–H groups in total. The minimum atomic E-state index is -0.745. The first-order valence-electron chi connectivity index (χ1n) is 4.26. The molecule has 2 rings (SSSR count). The van der Waals surface area contributed by atoms with E-state index in [1.54, 1.807) is 6.92 Å². The zero-order chi connectivity index (χ0) is 11.3. The van der Waals surface area contributed by atoms with Crippen molar-refractivity contribution in [2.45, 2.75) is 13.3 Å². The predicted octanol–water partition coefficient (Wildman–Crippen LogP) is 0.416.